The van der Waals surface area contributed by atoms with Crippen LogP contribution in [0, 0.1) is 0 Å². The number of hydrogen-bond donors (Lipinski definition) is 2. The maximum absolute atomic E-state index is 11.6. The summed E-state index contributed by atoms with van der Waals surface area (Å²) < 4.78 is 1.83. The van der Waals surface area contributed by atoms with E-state index in [0.717, 1.165) is 18.0 Å². The van der Waals surface area contributed by atoms with Gasteiger partial charge in [-0.05, 0) is 44.0 Å². The predicted octanol–water partition coefficient (Wildman–Crippen LogP) is 0.342. The highest BCUT2D eigenvalue weighted by molar-refractivity contribution is 7.99. The van der Waals surface area contributed by atoms with E-state index in [1.807, 2.05) is 25.5 Å². The fourth-order valence-electron chi connectivity index (χ4n) is 1.86. The van der Waals surface area contributed by atoms with Crippen LogP contribution in [0.1, 0.15) is 39.7 Å². The quantitative estimate of drug-likeness (QED) is 0.701. The van der Waals surface area contributed by atoms with E-state index in [9.17, 15) is 4.79 Å². The Morgan fingerprint density at radius 2 is 2.32 bits per heavy atom. The van der Waals surface area contributed by atoms with Gasteiger partial charge in [0.05, 0.1) is 6.04 Å². The predicted molar refractivity (Wildman–Crippen MR) is 72.7 cm³/mol. The minimum Gasteiger partial charge on any atom is -0.368 e. The first-order valence-electron chi connectivity index (χ1n) is 6.40. The number of thioether (sulfide) groups is 1. The van der Waals surface area contributed by atoms with Gasteiger partial charge in [-0.3, -0.25) is 4.79 Å². The molecule has 1 fully saturated rings. The lowest BCUT2D eigenvalue weighted by atomic mass is 10.0. The molecule has 1 heterocycles. The van der Waals surface area contributed by atoms with Crippen molar-refractivity contribution < 1.29 is 4.79 Å². The average molecular weight is 284 g/mol. The number of tetrazole rings is 1. The second-order valence-electron chi connectivity index (χ2n) is 5.42. The van der Waals surface area contributed by atoms with Crippen molar-refractivity contribution in [1.82, 2.24) is 25.5 Å². The van der Waals surface area contributed by atoms with Crippen LogP contribution in [-0.2, 0) is 4.79 Å². The van der Waals surface area contributed by atoms with E-state index in [2.05, 4.69) is 20.8 Å². The number of nitrogens with one attached hydrogen (secondary N) is 1. The van der Waals surface area contributed by atoms with Crippen LogP contribution in [-0.4, -0.2) is 43.4 Å². The number of carbonyl (C=O) groups excluding carboxylic acids is 1. The monoisotopic (exact) mass is 284 g/mol. The average Bonchev–Trinajstić information content (AvgIpc) is 3.05. The molecule has 1 atom stereocenters. The molecule has 1 aromatic rings. The van der Waals surface area contributed by atoms with Gasteiger partial charge in [0, 0.05) is 11.8 Å². The molecule has 2 rings (SSSR count). The largest absolute Gasteiger partial charge is 0.368 e. The van der Waals surface area contributed by atoms with Gasteiger partial charge in [0.15, 0.2) is 0 Å². The summed E-state index contributed by atoms with van der Waals surface area (Å²) in [5, 5.41) is 15.6. The number of carbonyl (C=O) groups is 1. The summed E-state index contributed by atoms with van der Waals surface area (Å²) in [4.78, 5) is 11.6. The Morgan fingerprint density at radius 1 is 1.63 bits per heavy atom. The molecule has 106 valence electrons. The van der Waals surface area contributed by atoms with Crippen LogP contribution in [0.15, 0.2) is 5.16 Å². The molecule has 19 heavy (non-hydrogen) atoms. The summed E-state index contributed by atoms with van der Waals surface area (Å²) in [6.45, 7) is 5.79. The molecule has 7 nitrogen and oxygen atoms in total. The lowest BCUT2D eigenvalue weighted by Crippen LogP contribution is -2.57. The zero-order valence-corrected chi connectivity index (χ0v) is 12.3. The molecule has 3 N–H and O–H groups in total. The highest BCUT2D eigenvalue weighted by Crippen LogP contribution is 2.36. The van der Waals surface area contributed by atoms with E-state index in [4.69, 9.17) is 5.73 Å². The van der Waals surface area contributed by atoms with Crippen molar-refractivity contribution in [2.24, 2.45) is 5.73 Å². The van der Waals surface area contributed by atoms with Gasteiger partial charge in [-0.15, -0.1) is 5.10 Å². The van der Waals surface area contributed by atoms with Gasteiger partial charge in [-0.2, -0.15) is 0 Å². The SMILES string of the molecule is CC(C)NC(C)(CSc1nnnn1C1CC1)C(N)=O. The van der Waals surface area contributed by atoms with Crippen LogP contribution in [0.25, 0.3) is 0 Å². The van der Waals surface area contributed by atoms with Gasteiger partial charge in [0.2, 0.25) is 11.1 Å². The van der Waals surface area contributed by atoms with E-state index >= 15 is 0 Å². The van der Waals surface area contributed by atoms with Crippen LogP contribution in [0.3, 0.4) is 0 Å². The van der Waals surface area contributed by atoms with Crippen LogP contribution >= 0.6 is 11.8 Å². The first-order chi connectivity index (χ1) is 8.92. The van der Waals surface area contributed by atoms with E-state index in [1.54, 1.807) is 0 Å². The molecule has 1 amide bonds. The van der Waals surface area contributed by atoms with Crippen molar-refractivity contribution in [2.75, 3.05) is 5.75 Å². The van der Waals surface area contributed by atoms with E-state index in [0.29, 0.717) is 11.8 Å². The third kappa shape index (κ3) is 3.44. The number of hydrogen-bond acceptors (Lipinski definition) is 6. The fourth-order valence-corrected chi connectivity index (χ4v) is 2.91. The maximum atomic E-state index is 11.6. The topological polar surface area (TPSA) is 98.7 Å². The highest BCUT2D eigenvalue weighted by atomic mass is 32.2. The summed E-state index contributed by atoms with van der Waals surface area (Å²) in [6, 6.07) is 0.605. The molecule has 0 aromatic carbocycles. The van der Waals surface area contributed by atoms with Crippen LogP contribution in [0.2, 0.25) is 0 Å². The number of rotatable bonds is 7. The van der Waals surface area contributed by atoms with Crippen molar-refractivity contribution in [3.63, 3.8) is 0 Å². The minimum absolute atomic E-state index is 0.178. The Morgan fingerprint density at radius 3 is 2.84 bits per heavy atom. The molecule has 0 saturated heterocycles. The Kier molecular flexibility index (Phi) is 4.10. The summed E-state index contributed by atoms with van der Waals surface area (Å²) in [7, 11) is 0. The first-order valence-corrected chi connectivity index (χ1v) is 7.39. The molecule has 0 spiro atoms. The van der Waals surface area contributed by atoms with Crippen LogP contribution < -0.4 is 11.1 Å². The van der Waals surface area contributed by atoms with Gasteiger partial charge in [-0.25, -0.2) is 4.68 Å². The lowest BCUT2D eigenvalue weighted by molar-refractivity contribution is -0.123. The second kappa shape index (κ2) is 5.46. The zero-order valence-electron chi connectivity index (χ0n) is 11.5. The van der Waals surface area contributed by atoms with E-state index in [-0.39, 0.29) is 11.9 Å². The van der Waals surface area contributed by atoms with Gasteiger partial charge >= 0.3 is 0 Å². The molecule has 0 aliphatic heterocycles. The molecule has 1 unspecified atom stereocenters. The normalized spacial score (nSPS) is 18.5. The standard InChI is InChI=1S/C11H20N6OS/c1-7(2)13-11(3,9(12)18)6-19-10-14-15-16-17(10)8-4-5-8/h7-8,13H,4-6H2,1-3H3,(H2,12,18). The number of primary amides is 1. The Hall–Kier alpha value is -1.15. The second-order valence-corrected chi connectivity index (χ2v) is 6.36. The molecule has 0 bridgehead atoms. The van der Waals surface area contributed by atoms with Gasteiger partial charge in [0.1, 0.15) is 5.54 Å². The molecular formula is C11H20N6OS. The molecule has 0 radical (unpaired) electrons. The molecule has 1 aromatic heterocycles. The van der Waals surface area contributed by atoms with Crippen molar-refractivity contribution in [3.8, 4) is 0 Å². The molecule has 8 heteroatoms. The minimum atomic E-state index is -0.765. The van der Waals surface area contributed by atoms with Crippen LogP contribution in [0.4, 0.5) is 0 Å². The third-order valence-electron chi connectivity index (χ3n) is 3.00. The zero-order chi connectivity index (χ0) is 14.0. The van der Waals surface area contributed by atoms with E-state index < -0.39 is 5.54 Å². The Bertz CT molecular complexity index is 458. The fraction of sp³-hybridized carbons (Fsp3) is 0.818. The van der Waals surface area contributed by atoms with Crippen molar-refractivity contribution in [3.05, 3.63) is 0 Å². The van der Waals surface area contributed by atoms with Crippen LogP contribution in [0.5, 0.6) is 0 Å². The van der Waals surface area contributed by atoms with Gasteiger partial charge < -0.3 is 11.1 Å². The van der Waals surface area contributed by atoms with Gasteiger partial charge in [-0.1, -0.05) is 11.8 Å². The van der Waals surface area contributed by atoms with E-state index in [1.165, 1.54) is 11.8 Å². The summed E-state index contributed by atoms with van der Waals surface area (Å²) in [5.41, 5.74) is 4.73. The molecule has 1 saturated carbocycles. The van der Waals surface area contributed by atoms with Gasteiger partial charge in [0.25, 0.3) is 0 Å². The molecule has 1 aliphatic carbocycles. The Balaban J connectivity index is 2.02. The summed E-state index contributed by atoms with van der Waals surface area (Å²) in [6.07, 6.45) is 2.24. The maximum Gasteiger partial charge on any atom is 0.238 e. The van der Waals surface area contributed by atoms with Crippen molar-refractivity contribution in [2.45, 2.75) is 56.4 Å². The number of aromatic nitrogens is 4. The number of nitrogens with zero attached hydrogens (tertiary/aromatic N) is 4. The summed E-state index contributed by atoms with van der Waals surface area (Å²) in [5.74, 6) is 0.146. The number of amides is 1. The first kappa shape index (κ1) is 14.3. The molecule has 1 aliphatic rings. The smallest absolute Gasteiger partial charge is 0.238 e. The highest BCUT2D eigenvalue weighted by Gasteiger charge is 2.34. The van der Waals surface area contributed by atoms with Crippen molar-refractivity contribution >= 4 is 17.7 Å². The summed E-state index contributed by atoms with van der Waals surface area (Å²) >= 11 is 1.46. The van der Waals surface area contributed by atoms with Crippen molar-refractivity contribution in [1.29, 1.82) is 0 Å². The Labute approximate surface area is 116 Å². The number of nitrogens with two attached hydrogens (primary N) is 1. The molecular weight excluding hydrogens is 264 g/mol. The lowest BCUT2D eigenvalue weighted by Gasteiger charge is -2.29. The third-order valence-corrected chi connectivity index (χ3v) is 4.24.